The summed E-state index contributed by atoms with van der Waals surface area (Å²) in [6.07, 6.45) is 0. The summed E-state index contributed by atoms with van der Waals surface area (Å²) in [5.74, 6) is 0. The molecule has 1 heteroatoms. The number of fused-ring (bicyclic) bond motifs is 5. The van der Waals surface area contributed by atoms with Gasteiger partial charge in [0.25, 0.3) is 0 Å². The van der Waals surface area contributed by atoms with Crippen molar-refractivity contribution in [2.24, 2.45) is 0 Å². The number of hydrogen-bond donors (Lipinski definition) is 0. The topological polar surface area (TPSA) is 13.1 Å². The maximum Gasteiger partial charge on any atom is 0.136 e. The van der Waals surface area contributed by atoms with Gasteiger partial charge < -0.3 is 4.42 Å². The highest BCUT2D eigenvalue weighted by molar-refractivity contribution is 6.20. The van der Waals surface area contributed by atoms with Crippen LogP contribution in [0.2, 0.25) is 0 Å². The normalized spacial score (nSPS) is 11.5. The van der Waals surface area contributed by atoms with Crippen molar-refractivity contribution in [1.82, 2.24) is 0 Å². The Kier molecular flexibility index (Phi) is 6.89. The van der Waals surface area contributed by atoms with E-state index in [1.807, 2.05) is 12.1 Å². The molecular formula is C50H32O. The standard InChI is InChI=1S/C50H32O/c1-3-13-33(14-4-1)35-17-9-19-37(29-35)40-22-11-24-44-46(40)32-47-41(38-20-10-18-36(30-38)34-15-5-2-6-16-34)23-12-25-45(47)50(44)39-27-28-43-42-21-7-8-26-48(42)51-49(43)31-39/h1-32H. The third kappa shape index (κ3) is 5.02. The quantitative estimate of drug-likeness (QED) is 0.169. The first-order valence-electron chi connectivity index (χ1n) is 17.5. The molecule has 0 unspecified atom stereocenters. The average molecular weight is 649 g/mol. The Morgan fingerprint density at radius 1 is 0.235 bits per heavy atom. The molecule has 10 rings (SSSR count). The van der Waals surface area contributed by atoms with E-state index in [-0.39, 0.29) is 0 Å². The third-order valence-corrected chi connectivity index (χ3v) is 10.3. The third-order valence-electron chi connectivity index (χ3n) is 10.3. The summed E-state index contributed by atoms with van der Waals surface area (Å²) >= 11 is 0. The fraction of sp³-hybridized carbons (Fsp3) is 0. The second kappa shape index (κ2) is 12.0. The molecule has 0 saturated carbocycles. The van der Waals surface area contributed by atoms with Crippen LogP contribution in [0.1, 0.15) is 0 Å². The lowest BCUT2D eigenvalue weighted by atomic mass is 9.85. The number of benzene rings is 9. The molecular weight excluding hydrogens is 617 g/mol. The number of hydrogen-bond acceptors (Lipinski definition) is 1. The van der Waals surface area contributed by atoms with E-state index in [4.69, 9.17) is 4.42 Å². The molecule has 10 aromatic rings. The van der Waals surface area contributed by atoms with Gasteiger partial charge in [-0.05, 0) is 114 Å². The highest BCUT2D eigenvalue weighted by atomic mass is 16.3. The van der Waals surface area contributed by atoms with Crippen LogP contribution in [0.5, 0.6) is 0 Å². The van der Waals surface area contributed by atoms with E-state index in [0.29, 0.717) is 0 Å². The van der Waals surface area contributed by atoms with Crippen molar-refractivity contribution in [3.05, 3.63) is 194 Å². The monoisotopic (exact) mass is 648 g/mol. The van der Waals surface area contributed by atoms with Crippen molar-refractivity contribution in [2.45, 2.75) is 0 Å². The van der Waals surface area contributed by atoms with Gasteiger partial charge in [-0.2, -0.15) is 0 Å². The molecule has 0 saturated heterocycles. The summed E-state index contributed by atoms with van der Waals surface area (Å²) < 4.78 is 6.44. The fourth-order valence-electron chi connectivity index (χ4n) is 7.86. The molecule has 0 fully saturated rings. The molecule has 0 radical (unpaired) electrons. The van der Waals surface area contributed by atoms with Crippen LogP contribution in [-0.2, 0) is 0 Å². The van der Waals surface area contributed by atoms with Crippen LogP contribution in [0.3, 0.4) is 0 Å². The first-order chi connectivity index (χ1) is 25.3. The summed E-state index contributed by atoms with van der Waals surface area (Å²) in [5.41, 5.74) is 13.8. The second-order valence-electron chi connectivity index (χ2n) is 13.3. The molecule has 0 atom stereocenters. The fourth-order valence-corrected chi connectivity index (χ4v) is 7.86. The molecule has 51 heavy (non-hydrogen) atoms. The summed E-state index contributed by atoms with van der Waals surface area (Å²) in [6.45, 7) is 0. The van der Waals surface area contributed by atoms with Crippen molar-refractivity contribution in [3.8, 4) is 55.6 Å². The van der Waals surface area contributed by atoms with Crippen molar-refractivity contribution >= 4 is 43.5 Å². The van der Waals surface area contributed by atoms with Gasteiger partial charge in [0, 0.05) is 10.8 Å². The van der Waals surface area contributed by atoms with E-state index in [0.717, 1.165) is 27.5 Å². The Morgan fingerprint density at radius 2 is 0.706 bits per heavy atom. The highest BCUT2D eigenvalue weighted by Gasteiger charge is 2.18. The maximum absolute atomic E-state index is 6.44. The second-order valence-corrected chi connectivity index (χ2v) is 13.3. The zero-order chi connectivity index (χ0) is 33.7. The van der Waals surface area contributed by atoms with Gasteiger partial charge in [0.1, 0.15) is 11.2 Å². The van der Waals surface area contributed by atoms with Crippen molar-refractivity contribution in [3.63, 3.8) is 0 Å². The van der Waals surface area contributed by atoms with Gasteiger partial charge in [-0.15, -0.1) is 0 Å². The lowest BCUT2D eigenvalue weighted by Gasteiger charge is -2.18. The molecule has 0 amide bonds. The van der Waals surface area contributed by atoms with Gasteiger partial charge in [-0.1, -0.05) is 158 Å². The minimum Gasteiger partial charge on any atom is -0.456 e. The lowest BCUT2D eigenvalue weighted by molar-refractivity contribution is 0.669. The van der Waals surface area contributed by atoms with E-state index in [2.05, 4.69) is 182 Å². The number of rotatable bonds is 5. The molecule has 238 valence electrons. The molecule has 0 aliphatic carbocycles. The summed E-state index contributed by atoms with van der Waals surface area (Å²) in [4.78, 5) is 0. The first-order valence-corrected chi connectivity index (χ1v) is 17.5. The van der Waals surface area contributed by atoms with Crippen molar-refractivity contribution in [1.29, 1.82) is 0 Å². The van der Waals surface area contributed by atoms with Gasteiger partial charge in [0.2, 0.25) is 0 Å². The van der Waals surface area contributed by atoms with Gasteiger partial charge in [0.15, 0.2) is 0 Å². The van der Waals surface area contributed by atoms with Gasteiger partial charge >= 0.3 is 0 Å². The SMILES string of the molecule is c1ccc(-c2cccc(-c3cccc4c(-c5ccc6c(c5)oc5ccccc56)c5cccc(-c6cccc(-c7ccccc7)c6)c5cc34)c2)cc1. The summed E-state index contributed by atoms with van der Waals surface area (Å²) in [6, 6.07) is 70.1. The van der Waals surface area contributed by atoms with E-state index in [9.17, 15) is 0 Å². The van der Waals surface area contributed by atoms with Crippen LogP contribution in [-0.4, -0.2) is 0 Å². The van der Waals surface area contributed by atoms with Crippen LogP contribution in [0.25, 0.3) is 99.1 Å². The predicted octanol–water partition coefficient (Wildman–Crippen LogP) is 14.2. The van der Waals surface area contributed by atoms with Gasteiger partial charge in [-0.3, -0.25) is 0 Å². The van der Waals surface area contributed by atoms with Crippen LogP contribution >= 0.6 is 0 Å². The molecule has 0 aliphatic heterocycles. The molecule has 0 aliphatic rings. The Balaban J connectivity index is 1.26. The Hall–Kier alpha value is -6.70. The van der Waals surface area contributed by atoms with Crippen molar-refractivity contribution in [2.75, 3.05) is 0 Å². The van der Waals surface area contributed by atoms with Crippen LogP contribution in [0.4, 0.5) is 0 Å². The maximum atomic E-state index is 6.44. The smallest absolute Gasteiger partial charge is 0.136 e. The summed E-state index contributed by atoms with van der Waals surface area (Å²) in [5, 5.41) is 7.16. The Bertz CT molecular complexity index is 2760. The average Bonchev–Trinajstić information content (AvgIpc) is 3.58. The van der Waals surface area contributed by atoms with E-state index in [1.54, 1.807) is 0 Å². The molecule has 0 N–H and O–H groups in total. The molecule has 0 bridgehead atoms. The van der Waals surface area contributed by atoms with E-state index < -0.39 is 0 Å². The van der Waals surface area contributed by atoms with Crippen LogP contribution in [0.15, 0.2) is 199 Å². The van der Waals surface area contributed by atoms with Crippen molar-refractivity contribution < 1.29 is 4.42 Å². The minimum atomic E-state index is 0.900. The molecule has 9 aromatic carbocycles. The zero-order valence-corrected chi connectivity index (χ0v) is 27.9. The molecule has 1 heterocycles. The molecule has 1 nitrogen and oxygen atoms in total. The van der Waals surface area contributed by atoms with Crippen LogP contribution in [0, 0.1) is 0 Å². The van der Waals surface area contributed by atoms with Gasteiger partial charge in [-0.25, -0.2) is 0 Å². The summed E-state index contributed by atoms with van der Waals surface area (Å²) in [7, 11) is 0. The number of furan rings is 1. The number of para-hydroxylation sites is 1. The van der Waals surface area contributed by atoms with E-state index in [1.165, 1.54) is 71.6 Å². The van der Waals surface area contributed by atoms with Crippen LogP contribution < -0.4 is 0 Å². The minimum absolute atomic E-state index is 0.900. The van der Waals surface area contributed by atoms with E-state index >= 15 is 0 Å². The largest absolute Gasteiger partial charge is 0.456 e. The predicted molar refractivity (Wildman–Crippen MR) is 216 cm³/mol. The Morgan fingerprint density at radius 3 is 1.31 bits per heavy atom. The molecule has 0 spiro atoms. The van der Waals surface area contributed by atoms with Gasteiger partial charge in [0.05, 0.1) is 0 Å². The Labute approximate surface area is 296 Å². The first kappa shape index (κ1) is 29.2. The zero-order valence-electron chi connectivity index (χ0n) is 27.9. The molecule has 1 aromatic heterocycles. The lowest BCUT2D eigenvalue weighted by Crippen LogP contribution is -1.91. The highest BCUT2D eigenvalue weighted by Crippen LogP contribution is 2.45.